The Balaban J connectivity index is 2.04. The number of ether oxygens (including phenoxy) is 1. The summed E-state index contributed by atoms with van der Waals surface area (Å²) in [5.74, 6) is 0.945. The molecule has 0 radical (unpaired) electrons. The van der Waals surface area contributed by atoms with Crippen LogP contribution in [0.1, 0.15) is 10.4 Å². The molecule has 0 spiro atoms. The van der Waals surface area contributed by atoms with E-state index >= 15 is 0 Å². The fourth-order valence-corrected chi connectivity index (χ4v) is 1.88. The number of methoxy groups -OCH3 is 1. The van der Waals surface area contributed by atoms with Gasteiger partial charge in [-0.25, -0.2) is 0 Å². The number of carbonyl (C=O) groups is 1. The molecule has 2 rings (SSSR count). The number of phenols is 1. The molecule has 0 bridgehead atoms. The molecule has 0 saturated heterocycles. The summed E-state index contributed by atoms with van der Waals surface area (Å²) >= 11 is 0. The van der Waals surface area contributed by atoms with Crippen LogP contribution in [0.5, 0.6) is 11.5 Å². The monoisotopic (exact) mass is 271 g/mol. The summed E-state index contributed by atoms with van der Waals surface area (Å²) in [7, 11) is 3.48. The molecule has 2 aromatic carbocycles. The smallest absolute Gasteiger partial charge is 0.182 e. The van der Waals surface area contributed by atoms with Crippen LogP contribution in [-0.4, -0.2) is 31.6 Å². The lowest BCUT2D eigenvalue weighted by Gasteiger charge is -2.18. The van der Waals surface area contributed by atoms with Crippen LogP contribution in [0.3, 0.4) is 0 Å². The number of phenolic OH excluding ortho intramolecular Hbond substituents is 1. The van der Waals surface area contributed by atoms with E-state index in [-0.39, 0.29) is 18.1 Å². The molecule has 0 aromatic heterocycles. The van der Waals surface area contributed by atoms with Gasteiger partial charge in [0, 0.05) is 18.3 Å². The molecule has 0 saturated carbocycles. The van der Waals surface area contributed by atoms with Gasteiger partial charge in [0.2, 0.25) is 0 Å². The van der Waals surface area contributed by atoms with Crippen molar-refractivity contribution in [2.24, 2.45) is 0 Å². The van der Waals surface area contributed by atoms with Gasteiger partial charge in [-0.15, -0.1) is 0 Å². The van der Waals surface area contributed by atoms with Gasteiger partial charge in [0.1, 0.15) is 11.5 Å². The minimum atomic E-state index is 0.00307. The molecular formula is C16H17NO3. The van der Waals surface area contributed by atoms with Crippen molar-refractivity contribution in [1.29, 1.82) is 0 Å². The van der Waals surface area contributed by atoms with E-state index in [1.54, 1.807) is 19.2 Å². The first-order valence-corrected chi connectivity index (χ1v) is 6.27. The van der Waals surface area contributed by atoms with Crippen molar-refractivity contribution in [2.75, 3.05) is 25.6 Å². The number of rotatable bonds is 5. The number of carbonyl (C=O) groups excluding carboxylic acids is 1. The molecule has 2 aromatic rings. The first kappa shape index (κ1) is 13.9. The predicted octanol–water partition coefficient (Wildman–Crippen LogP) is 2.72. The van der Waals surface area contributed by atoms with Crippen molar-refractivity contribution in [3.8, 4) is 11.5 Å². The molecule has 0 aliphatic heterocycles. The Morgan fingerprint density at radius 1 is 1.10 bits per heavy atom. The van der Waals surface area contributed by atoms with Gasteiger partial charge >= 0.3 is 0 Å². The zero-order chi connectivity index (χ0) is 14.5. The number of ketones is 1. The van der Waals surface area contributed by atoms with Gasteiger partial charge in [0.15, 0.2) is 5.78 Å². The predicted molar refractivity (Wildman–Crippen MR) is 78.7 cm³/mol. The second-order valence-corrected chi connectivity index (χ2v) is 4.52. The standard InChI is InChI=1S/C16H17NO3/c1-17(13-5-9-15(20-2)10-6-13)11-16(19)12-3-7-14(18)8-4-12/h3-10,18H,11H2,1-2H3. The highest BCUT2D eigenvalue weighted by Crippen LogP contribution is 2.18. The van der Waals surface area contributed by atoms with Crippen LogP contribution >= 0.6 is 0 Å². The lowest BCUT2D eigenvalue weighted by atomic mass is 10.1. The number of likely N-dealkylation sites (N-methyl/N-ethyl adjacent to an activating group) is 1. The lowest BCUT2D eigenvalue weighted by Crippen LogP contribution is -2.25. The number of nitrogens with zero attached hydrogens (tertiary/aromatic N) is 1. The Bertz CT molecular complexity index is 576. The van der Waals surface area contributed by atoms with Gasteiger partial charge in [-0.05, 0) is 48.5 Å². The molecule has 0 heterocycles. The van der Waals surface area contributed by atoms with Gasteiger partial charge in [-0.3, -0.25) is 4.79 Å². The van der Waals surface area contributed by atoms with Crippen LogP contribution < -0.4 is 9.64 Å². The molecular weight excluding hydrogens is 254 g/mol. The fourth-order valence-electron chi connectivity index (χ4n) is 1.88. The van der Waals surface area contributed by atoms with E-state index in [0.29, 0.717) is 5.56 Å². The SMILES string of the molecule is COc1ccc(N(C)CC(=O)c2ccc(O)cc2)cc1. The second kappa shape index (κ2) is 6.10. The van der Waals surface area contributed by atoms with E-state index in [2.05, 4.69) is 0 Å². The number of hydrogen-bond acceptors (Lipinski definition) is 4. The Hall–Kier alpha value is -2.49. The van der Waals surface area contributed by atoms with Crippen molar-refractivity contribution >= 4 is 11.5 Å². The summed E-state index contributed by atoms with van der Waals surface area (Å²) in [6.07, 6.45) is 0. The third-order valence-electron chi connectivity index (χ3n) is 3.08. The van der Waals surface area contributed by atoms with Gasteiger partial charge in [0.25, 0.3) is 0 Å². The van der Waals surface area contributed by atoms with Crippen molar-refractivity contribution in [1.82, 2.24) is 0 Å². The minimum absolute atomic E-state index is 0.00307. The Kier molecular flexibility index (Phi) is 4.25. The van der Waals surface area contributed by atoms with E-state index in [1.807, 2.05) is 36.2 Å². The van der Waals surface area contributed by atoms with Crippen LogP contribution in [0, 0.1) is 0 Å². The van der Waals surface area contributed by atoms with Gasteiger partial charge in [-0.1, -0.05) is 0 Å². The lowest BCUT2D eigenvalue weighted by molar-refractivity contribution is 0.100. The molecule has 0 unspecified atom stereocenters. The topological polar surface area (TPSA) is 49.8 Å². The van der Waals surface area contributed by atoms with Crippen molar-refractivity contribution in [3.05, 3.63) is 54.1 Å². The Morgan fingerprint density at radius 3 is 2.25 bits per heavy atom. The minimum Gasteiger partial charge on any atom is -0.508 e. The van der Waals surface area contributed by atoms with Gasteiger partial charge < -0.3 is 14.7 Å². The van der Waals surface area contributed by atoms with E-state index in [1.165, 1.54) is 12.1 Å². The largest absolute Gasteiger partial charge is 0.508 e. The average molecular weight is 271 g/mol. The van der Waals surface area contributed by atoms with Gasteiger partial charge in [0.05, 0.1) is 13.7 Å². The van der Waals surface area contributed by atoms with Gasteiger partial charge in [-0.2, -0.15) is 0 Å². The van der Waals surface area contributed by atoms with Crippen LogP contribution in [0.2, 0.25) is 0 Å². The number of hydrogen-bond donors (Lipinski definition) is 1. The fraction of sp³-hybridized carbons (Fsp3) is 0.188. The number of Topliss-reactive ketones (excluding diaryl/α,β-unsaturated/α-hetero) is 1. The molecule has 1 N–H and O–H groups in total. The zero-order valence-corrected chi connectivity index (χ0v) is 11.5. The third kappa shape index (κ3) is 3.29. The average Bonchev–Trinajstić information content (AvgIpc) is 2.48. The Morgan fingerprint density at radius 2 is 1.70 bits per heavy atom. The first-order valence-electron chi connectivity index (χ1n) is 6.27. The molecule has 0 amide bonds. The highest BCUT2D eigenvalue weighted by Gasteiger charge is 2.10. The van der Waals surface area contributed by atoms with E-state index < -0.39 is 0 Å². The summed E-state index contributed by atoms with van der Waals surface area (Å²) in [5, 5.41) is 9.21. The van der Waals surface area contributed by atoms with Crippen LogP contribution in [0.4, 0.5) is 5.69 Å². The third-order valence-corrected chi connectivity index (χ3v) is 3.08. The maximum Gasteiger partial charge on any atom is 0.182 e. The van der Waals surface area contributed by atoms with Crippen LogP contribution in [-0.2, 0) is 0 Å². The highest BCUT2D eigenvalue weighted by molar-refractivity contribution is 5.99. The number of benzene rings is 2. The molecule has 0 aliphatic carbocycles. The summed E-state index contributed by atoms with van der Waals surface area (Å²) in [6, 6.07) is 13.8. The molecule has 4 nitrogen and oxygen atoms in total. The van der Waals surface area contributed by atoms with Crippen LogP contribution in [0.15, 0.2) is 48.5 Å². The molecule has 0 atom stereocenters. The highest BCUT2D eigenvalue weighted by atomic mass is 16.5. The quantitative estimate of drug-likeness (QED) is 0.849. The molecule has 0 fully saturated rings. The Labute approximate surface area is 118 Å². The van der Waals surface area contributed by atoms with E-state index in [4.69, 9.17) is 4.74 Å². The molecule has 4 heteroatoms. The maximum atomic E-state index is 12.1. The summed E-state index contributed by atoms with van der Waals surface area (Å²) in [6.45, 7) is 0.275. The molecule has 0 aliphatic rings. The van der Waals surface area contributed by atoms with Crippen molar-refractivity contribution in [2.45, 2.75) is 0 Å². The summed E-state index contributed by atoms with van der Waals surface area (Å²) in [4.78, 5) is 14.0. The normalized spacial score (nSPS) is 10.1. The van der Waals surface area contributed by atoms with Crippen LogP contribution in [0.25, 0.3) is 0 Å². The maximum absolute atomic E-state index is 12.1. The van der Waals surface area contributed by atoms with E-state index in [0.717, 1.165) is 11.4 Å². The molecule has 20 heavy (non-hydrogen) atoms. The van der Waals surface area contributed by atoms with Crippen molar-refractivity contribution in [3.63, 3.8) is 0 Å². The summed E-state index contributed by atoms with van der Waals surface area (Å²) in [5.41, 5.74) is 1.53. The molecule has 104 valence electrons. The number of anilines is 1. The van der Waals surface area contributed by atoms with Crippen molar-refractivity contribution < 1.29 is 14.6 Å². The number of aromatic hydroxyl groups is 1. The first-order chi connectivity index (χ1) is 9.60. The van der Waals surface area contributed by atoms with E-state index in [9.17, 15) is 9.90 Å². The zero-order valence-electron chi connectivity index (χ0n) is 11.5. The second-order valence-electron chi connectivity index (χ2n) is 4.52. The summed E-state index contributed by atoms with van der Waals surface area (Å²) < 4.78 is 5.10.